The minimum absolute atomic E-state index is 0.0611. The van der Waals surface area contributed by atoms with Crippen LogP contribution in [0.5, 0.6) is 0 Å². The number of carbonyl (C=O) groups is 2. The van der Waals surface area contributed by atoms with E-state index in [0.29, 0.717) is 0 Å². The molecule has 0 atom stereocenters. The Morgan fingerprint density at radius 2 is 1.91 bits per heavy atom. The smallest absolute Gasteiger partial charge is 0.306 e. The molecular weight excluding hydrogens is 146 g/mol. The molecule has 0 aliphatic heterocycles. The zero-order chi connectivity index (χ0) is 8.85. The molecule has 0 saturated carbocycles. The number of rotatable bonds is 4. The highest BCUT2D eigenvalue weighted by atomic mass is 16.5. The molecule has 0 radical (unpaired) electrons. The Morgan fingerprint density at radius 3 is 2.27 bits per heavy atom. The monoisotopic (exact) mass is 159 g/mol. The molecule has 0 saturated heterocycles. The molecule has 0 aliphatic carbocycles. The third-order valence-electron chi connectivity index (χ3n) is 0.943. The fraction of sp³-hybridized carbons (Fsp3) is 0.714. The van der Waals surface area contributed by atoms with Crippen LogP contribution in [0.1, 0.15) is 26.7 Å². The summed E-state index contributed by atoms with van der Waals surface area (Å²) < 4.78 is 4.75. The summed E-state index contributed by atoms with van der Waals surface area (Å²) >= 11 is 0. The van der Waals surface area contributed by atoms with Crippen LogP contribution in [0.3, 0.4) is 0 Å². The van der Waals surface area contributed by atoms with Crippen LogP contribution in [0, 0.1) is 0 Å². The van der Waals surface area contributed by atoms with Gasteiger partial charge in [0.2, 0.25) is 5.91 Å². The molecule has 0 rings (SSSR count). The molecule has 0 spiro atoms. The Bertz CT molecular complexity index is 154. The number of hydrogen-bond donors (Lipinski definition) is 1. The van der Waals surface area contributed by atoms with Crippen LogP contribution in [-0.4, -0.2) is 18.0 Å². The van der Waals surface area contributed by atoms with E-state index >= 15 is 0 Å². The number of nitrogens with two attached hydrogens (primary N) is 1. The third-order valence-corrected chi connectivity index (χ3v) is 0.943. The van der Waals surface area contributed by atoms with Gasteiger partial charge in [0.1, 0.15) is 0 Å². The van der Waals surface area contributed by atoms with Crippen molar-refractivity contribution in [3.63, 3.8) is 0 Å². The van der Waals surface area contributed by atoms with Gasteiger partial charge < -0.3 is 10.5 Å². The zero-order valence-electron chi connectivity index (χ0n) is 6.79. The highest BCUT2D eigenvalue weighted by Gasteiger charge is 2.06. The van der Waals surface area contributed by atoms with E-state index in [1.165, 1.54) is 0 Å². The maximum absolute atomic E-state index is 10.7. The number of carbonyl (C=O) groups excluding carboxylic acids is 2. The molecule has 0 heterocycles. The average Bonchev–Trinajstić information content (AvgIpc) is 1.82. The standard InChI is InChI=1S/C7H13NO3/c1-5(2)11-7(10)4-3-6(8)9/h5H,3-4H2,1-2H3,(H2,8,9). The number of hydrogen-bond acceptors (Lipinski definition) is 3. The maximum Gasteiger partial charge on any atom is 0.306 e. The van der Waals surface area contributed by atoms with Gasteiger partial charge in [-0.15, -0.1) is 0 Å². The summed E-state index contributed by atoms with van der Waals surface area (Å²) in [4.78, 5) is 20.9. The summed E-state index contributed by atoms with van der Waals surface area (Å²) in [7, 11) is 0. The quantitative estimate of drug-likeness (QED) is 0.596. The first kappa shape index (κ1) is 9.94. The van der Waals surface area contributed by atoms with Crippen molar-refractivity contribution in [3.8, 4) is 0 Å². The summed E-state index contributed by atoms with van der Waals surface area (Å²) in [6.07, 6.45) is 0.00868. The van der Waals surface area contributed by atoms with E-state index < -0.39 is 5.91 Å². The summed E-state index contributed by atoms with van der Waals surface area (Å²) in [5, 5.41) is 0. The van der Waals surface area contributed by atoms with Gasteiger partial charge in [0.15, 0.2) is 0 Å². The minimum Gasteiger partial charge on any atom is -0.463 e. The molecule has 0 fully saturated rings. The molecule has 1 amide bonds. The van der Waals surface area contributed by atoms with Crippen LogP contribution in [0.15, 0.2) is 0 Å². The first-order chi connectivity index (χ1) is 5.02. The van der Waals surface area contributed by atoms with Crippen LogP contribution >= 0.6 is 0 Å². The lowest BCUT2D eigenvalue weighted by molar-refractivity contribution is -0.148. The lowest BCUT2D eigenvalue weighted by atomic mass is 10.3. The molecule has 2 N–H and O–H groups in total. The van der Waals surface area contributed by atoms with E-state index in [0.717, 1.165) is 0 Å². The molecular formula is C7H13NO3. The Morgan fingerprint density at radius 1 is 1.36 bits per heavy atom. The lowest BCUT2D eigenvalue weighted by Crippen LogP contribution is -2.16. The molecule has 4 heteroatoms. The van der Waals surface area contributed by atoms with Crippen molar-refractivity contribution in [2.45, 2.75) is 32.8 Å². The SMILES string of the molecule is CC(C)OC(=O)CCC(N)=O. The van der Waals surface area contributed by atoms with Crippen molar-refractivity contribution in [1.29, 1.82) is 0 Å². The Balaban J connectivity index is 3.45. The van der Waals surface area contributed by atoms with E-state index in [1.807, 2.05) is 0 Å². The van der Waals surface area contributed by atoms with Gasteiger partial charge in [0.25, 0.3) is 0 Å². The first-order valence-corrected chi connectivity index (χ1v) is 3.50. The molecule has 64 valence electrons. The second-order valence-electron chi connectivity index (χ2n) is 2.50. The second kappa shape index (κ2) is 4.71. The molecule has 0 unspecified atom stereocenters. The van der Waals surface area contributed by atoms with Gasteiger partial charge in [-0.25, -0.2) is 0 Å². The van der Waals surface area contributed by atoms with E-state index in [-0.39, 0.29) is 24.9 Å². The topological polar surface area (TPSA) is 69.4 Å². The van der Waals surface area contributed by atoms with Crippen LogP contribution < -0.4 is 5.73 Å². The third kappa shape index (κ3) is 6.83. The first-order valence-electron chi connectivity index (χ1n) is 3.50. The van der Waals surface area contributed by atoms with Gasteiger partial charge in [0.05, 0.1) is 12.5 Å². The van der Waals surface area contributed by atoms with Crippen molar-refractivity contribution in [1.82, 2.24) is 0 Å². The second-order valence-corrected chi connectivity index (χ2v) is 2.50. The van der Waals surface area contributed by atoms with Crippen LogP contribution in [0.2, 0.25) is 0 Å². The largest absolute Gasteiger partial charge is 0.463 e. The van der Waals surface area contributed by atoms with Crippen molar-refractivity contribution in [2.75, 3.05) is 0 Å². The normalized spacial score (nSPS) is 9.73. The summed E-state index contributed by atoms with van der Waals surface area (Å²) in [6.45, 7) is 3.50. The number of esters is 1. The number of ether oxygens (including phenoxy) is 1. The summed E-state index contributed by atoms with van der Waals surface area (Å²) in [5.41, 5.74) is 4.82. The van der Waals surface area contributed by atoms with Crippen LogP contribution in [0.4, 0.5) is 0 Å². The van der Waals surface area contributed by atoms with E-state index in [2.05, 4.69) is 0 Å². The van der Waals surface area contributed by atoms with E-state index in [9.17, 15) is 9.59 Å². The fourth-order valence-corrected chi connectivity index (χ4v) is 0.547. The fourth-order valence-electron chi connectivity index (χ4n) is 0.547. The minimum atomic E-state index is -0.481. The molecule has 0 aliphatic rings. The van der Waals surface area contributed by atoms with Gasteiger partial charge in [-0.05, 0) is 13.8 Å². The number of primary amides is 1. The van der Waals surface area contributed by atoms with E-state index in [4.69, 9.17) is 10.5 Å². The summed E-state index contributed by atoms with van der Waals surface area (Å²) in [5.74, 6) is -0.857. The molecule has 0 aromatic carbocycles. The van der Waals surface area contributed by atoms with Gasteiger partial charge in [-0.2, -0.15) is 0 Å². The van der Waals surface area contributed by atoms with E-state index in [1.54, 1.807) is 13.8 Å². The number of amides is 1. The predicted molar refractivity (Wildman–Crippen MR) is 39.7 cm³/mol. The Hall–Kier alpha value is -1.06. The average molecular weight is 159 g/mol. The highest BCUT2D eigenvalue weighted by Crippen LogP contribution is 1.95. The Labute approximate surface area is 65.7 Å². The molecule has 0 aromatic heterocycles. The molecule has 0 bridgehead atoms. The van der Waals surface area contributed by atoms with Gasteiger partial charge in [0, 0.05) is 6.42 Å². The van der Waals surface area contributed by atoms with Crippen LogP contribution in [0.25, 0.3) is 0 Å². The maximum atomic E-state index is 10.7. The molecule has 4 nitrogen and oxygen atoms in total. The van der Waals surface area contributed by atoms with Crippen molar-refractivity contribution >= 4 is 11.9 Å². The van der Waals surface area contributed by atoms with Crippen molar-refractivity contribution < 1.29 is 14.3 Å². The van der Waals surface area contributed by atoms with Gasteiger partial charge >= 0.3 is 5.97 Å². The van der Waals surface area contributed by atoms with Crippen molar-refractivity contribution in [3.05, 3.63) is 0 Å². The summed E-state index contributed by atoms with van der Waals surface area (Å²) in [6, 6.07) is 0. The van der Waals surface area contributed by atoms with Gasteiger partial charge in [-0.1, -0.05) is 0 Å². The van der Waals surface area contributed by atoms with Crippen molar-refractivity contribution in [2.24, 2.45) is 5.73 Å². The predicted octanol–water partition coefficient (Wildman–Crippen LogP) is 0.203. The highest BCUT2D eigenvalue weighted by molar-refractivity contribution is 5.79. The molecule has 11 heavy (non-hydrogen) atoms. The lowest BCUT2D eigenvalue weighted by Gasteiger charge is -2.05. The zero-order valence-corrected chi connectivity index (χ0v) is 6.79. The molecule has 0 aromatic rings. The van der Waals surface area contributed by atoms with Gasteiger partial charge in [-0.3, -0.25) is 9.59 Å². The van der Waals surface area contributed by atoms with Crippen LogP contribution in [-0.2, 0) is 14.3 Å². The Kier molecular flexibility index (Phi) is 4.26.